The summed E-state index contributed by atoms with van der Waals surface area (Å²) in [7, 11) is 0. The minimum Gasteiger partial charge on any atom is -0.313 e. The van der Waals surface area contributed by atoms with Crippen LogP contribution in [0.3, 0.4) is 0 Å². The Morgan fingerprint density at radius 2 is 2.06 bits per heavy atom. The molecule has 1 N–H and O–H groups in total. The molecule has 0 radical (unpaired) electrons. The second-order valence-electron chi connectivity index (χ2n) is 4.67. The molecule has 94 valence electrons. The van der Waals surface area contributed by atoms with Gasteiger partial charge in [0.15, 0.2) is 0 Å². The van der Waals surface area contributed by atoms with Crippen LogP contribution in [-0.4, -0.2) is 17.2 Å². The lowest BCUT2D eigenvalue weighted by Crippen LogP contribution is -2.35. The molecule has 0 saturated heterocycles. The van der Waals surface area contributed by atoms with Crippen molar-refractivity contribution in [2.24, 2.45) is 0 Å². The van der Waals surface area contributed by atoms with E-state index in [-0.39, 0.29) is 5.56 Å². The molecule has 0 atom stereocenters. The van der Waals surface area contributed by atoms with E-state index in [9.17, 15) is 4.79 Å². The minimum atomic E-state index is 0.0682. The minimum absolute atomic E-state index is 0.0682. The van der Waals surface area contributed by atoms with Crippen molar-refractivity contribution in [3.05, 3.63) is 33.2 Å². The van der Waals surface area contributed by atoms with Crippen molar-refractivity contribution >= 4 is 15.9 Å². The second kappa shape index (κ2) is 6.36. The van der Waals surface area contributed by atoms with Gasteiger partial charge in [0.1, 0.15) is 0 Å². The van der Waals surface area contributed by atoms with Gasteiger partial charge in [-0.25, -0.2) is 0 Å². The molecule has 2 rings (SSSR count). The number of rotatable bonds is 4. The normalized spacial score (nSPS) is 17.2. The number of hydrogen-bond acceptors (Lipinski definition) is 2. The zero-order valence-electron chi connectivity index (χ0n) is 9.99. The van der Waals surface area contributed by atoms with Crippen molar-refractivity contribution in [1.29, 1.82) is 0 Å². The van der Waals surface area contributed by atoms with Crippen LogP contribution in [0.2, 0.25) is 0 Å². The highest BCUT2D eigenvalue weighted by atomic mass is 79.9. The van der Waals surface area contributed by atoms with Crippen molar-refractivity contribution in [2.45, 2.75) is 44.7 Å². The molecular weight excluding hydrogens is 280 g/mol. The van der Waals surface area contributed by atoms with E-state index in [4.69, 9.17) is 0 Å². The predicted octanol–water partition coefficient (Wildman–Crippen LogP) is 2.53. The van der Waals surface area contributed by atoms with Crippen LogP contribution in [0.1, 0.15) is 32.1 Å². The molecule has 1 aliphatic rings. The van der Waals surface area contributed by atoms with Gasteiger partial charge in [0.2, 0.25) is 0 Å². The van der Waals surface area contributed by atoms with Gasteiger partial charge in [-0.15, -0.1) is 0 Å². The highest BCUT2D eigenvalue weighted by Crippen LogP contribution is 2.17. The topological polar surface area (TPSA) is 34.0 Å². The largest absolute Gasteiger partial charge is 0.313 e. The Morgan fingerprint density at radius 1 is 1.29 bits per heavy atom. The summed E-state index contributed by atoms with van der Waals surface area (Å²) in [6, 6.07) is 4.05. The van der Waals surface area contributed by atoms with E-state index < -0.39 is 0 Å². The molecule has 1 heterocycles. The molecule has 0 unspecified atom stereocenters. The summed E-state index contributed by atoms with van der Waals surface area (Å²) >= 11 is 3.38. The van der Waals surface area contributed by atoms with E-state index in [0.717, 1.165) is 17.6 Å². The van der Waals surface area contributed by atoms with Gasteiger partial charge in [0, 0.05) is 35.9 Å². The summed E-state index contributed by atoms with van der Waals surface area (Å²) in [5.74, 6) is 0. The number of hydrogen-bond donors (Lipinski definition) is 1. The van der Waals surface area contributed by atoms with Crippen LogP contribution < -0.4 is 10.9 Å². The summed E-state index contributed by atoms with van der Waals surface area (Å²) in [5, 5.41) is 3.54. The number of aromatic nitrogens is 1. The summed E-state index contributed by atoms with van der Waals surface area (Å²) < 4.78 is 2.70. The average Bonchev–Trinajstić information content (AvgIpc) is 2.35. The second-order valence-corrected chi connectivity index (χ2v) is 5.58. The zero-order chi connectivity index (χ0) is 12.1. The van der Waals surface area contributed by atoms with E-state index in [0.29, 0.717) is 6.04 Å². The fourth-order valence-electron chi connectivity index (χ4n) is 2.37. The van der Waals surface area contributed by atoms with Crippen LogP contribution >= 0.6 is 15.9 Å². The van der Waals surface area contributed by atoms with Crippen LogP contribution in [0.4, 0.5) is 0 Å². The molecule has 1 aromatic heterocycles. The maximum Gasteiger partial charge on any atom is 0.250 e. The molecule has 1 saturated carbocycles. The third-order valence-corrected chi connectivity index (χ3v) is 3.81. The molecule has 17 heavy (non-hydrogen) atoms. The van der Waals surface area contributed by atoms with E-state index >= 15 is 0 Å². The van der Waals surface area contributed by atoms with Gasteiger partial charge in [-0.1, -0.05) is 19.3 Å². The van der Waals surface area contributed by atoms with E-state index in [1.807, 2.05) is 6.20 Å². The van der Waals surface area contributed by atoms with Crippen molar-refractivity contribution in [2.75, 3.05) is 6.54 Å². The van der Waals surface area contributed by atoms with Gasteiger partial charge in [0.05, 0.1) is 0 Å². The molecule has 0 spiro atoms. The van der Waals surface area contributed by atoms with Crippen LogP contribution in [0.15, 0.2) is 27.6 Å². The number of pyridine rings is 1. The first-order valence-corrected chi connectivity index (χ1v) is 7.14. The van der Waals surface area contributed by atoms with Gasteiger partial charge >= 0.3 is 0 Å². The first-order valence-electron chi connectivity index (χ1n) is 6.35. The maximum absolute atomic E-state index is 11.6. The van der Waals surface area contributed by atoms with Gasteiger partial charge in [-0.3, -0.25) is 4.79 Å². The van der Waals surface area contributed by atoms with Gasteiger partial charge in [0.25, 0.3) is 5.56 Å². The fraction of sp³-hybridized carbons (Fsp3) is 0.615. The van der Waals surface area contributed by atoms with Crippen LogP contribution in [-0.2, 0) is 6.54 Å². The van der Waals surface area contributed by atoms with Gasteiger partial charge in [-0.05, 0) is 34.8 Å². The fourth-order valence-corrected chi connectivity index (χ4v) is 2.75. The Balaban J connectivity index is 1.81. The smallest absolute Gasteiger partial charge is 0.250 e. The Bertz CT molecular complexity index is 410. The molecule has 0 bridgehead atoms. The highest BCUT2D eigenvalue weighted by molar-refractivity contribution is 9.10. The third kappa shape index (κ3) is 3.96. The molecule has 1 aliphatic carbocycles. The van der Waals surface area contributed by atoms with Crippen molar-refractivity contribution in [3.63, 3.8) is 0 Å². The standard InChI is InChI=1S/C13H19BrN2O/c14-11-6-7-13(17)16(10-11)9-8-15-12-4-2-1-3-5-12/h6-7,10,12,15H,1-5,8-9H2. The first kappa shape index (κ1) is 12.8. The van der Waals surface area contributed by atoms with Crippen molar-refractivity contribution in [3.8, 4) is 0 Å². The third-order valence-electron chi connectivity index (χ3n) is 3.34. The zero-order valence-corrected chi connectivity index (χ0v) is 11.6. The SMILES string of the molecule is O=c1ccc(Br)cn1CCNC1CCCCC1. The summed E-state index contributed by atoms with van der Waals surface area (Å²) in [6.45, 7) is 1.62. The van der Waals surface area contributed by atoms with E-state index in [2.05, 4.69) is 21.2 Å². The Hall–Kier alpha value is -0.610. The molecule has 0 aromatic carbocycles. The van der Waals surface area contributed by atoms with Gasteiger partial charge < -0.3 is 9.88 Å². The molecule has 1 fully saturated rings. The lowest BCUT2D eigenvalue weighted by Gasteiger charge is -2.23. The van der Waals surface area contributed by atoms with Crippen molar-refractivity contribution in [1.82, 2.24) is 9.88 Å². The number of nitrogens with one attached hydrogen (secondary N) is 1. The Kier molecular flexibility index (Phi) is 4.80. The lowest BCUT2D eigenvalue weighted by atomic mass is 9.95. The van der Waals surface area contributed by atoms with Crippen LogP contribution in [0, 0.1) is 0 Å². The van der Waals surface area contributed by atoms with Crippen molar-refractivity contribution < 1.29 is 0 Å². The average molecular weight is 299 g/mol. The summed E-state index contributed by atoms with van der Waals surface area (Å²) in [4.78, 5) is 11.6. The van der Waals surface area contributed by atoms with Gasteiger partial charge in [-0.2, -0.15) is 0 Å². The van der Waals surface area contributed by atoms with E-state index in [1.165, 1.54) is 32.1 Å². The van der Waals surface area contributed by atoms with E-state index in [1.54, 1.807) is 16.7 Å². The number of nitrogens with zero attached hydrogens (tertiary/aromatic N) is 1. The van der Waals surface area contributed by atoms with Crippen LogP contribution in [0.25, 0.3) is 0 Å². The number of halogens is 1. The molecule has 1 aromatic rings. The Morgan fingerprint density at radius 3 is 2.82 bits per heavy atom. The van der Waals surface area contributed by atoms with Crippen LogP contribution in [0.5, 0.6) is 0 Å². The molecule has 4 heteroatoms. The molecule has 0 aliphatic heterocycles. The Labute approximate surface area is 110 Å². The predicted molar refractivity (Wildman–Crippen MR) is 73.3 cm³/mol. The summed E-state index contributed by atoms with van der Waals surface area (Å²) in [5.41, 5.74) is 0.0682. The summed E-state index contributed by atoms with van der Waals surface area (Å²) in [6.07, 6.45) is 8.48. The monoisotopic (exact) mass is 298 g/mol. The molecule has 3 nitrogen and oxygen atoms in total. The molecule has 0 amide bonds. The highest BCUT2D eigenvalue weighted by Gasteiger charge is 2.11. The maximum atomic E-state index is 11.6. The first-order chi connectivity index (χ1) is 8.25. The lowest BCUT2D eigenvalue weighted by molar-refractivity contribution is 0.367. The quantitative estimate of drug-likeness (QED) is 0.927. The molecular formula is C13H19BrN2O.